The highest BCUT2D eigenvalue weighted by Gasteiger charge is 2.30. The van der Waals surface area contributed by atoms with E-state index in [2.05, 4.69) is 13.2 Å². The third-order valence-electron chi connectivity index (χ3n) is 5.77. The van der Waals surface area contributed by atoms with Crippen LogP contribution in [-0.2, 0) is 25.4 Å². The van der Waals surface area contributed by atoms with Crippen molar-refractivity contribution in [3.63, 3.8) is 0 Å². The van der Waals surface area contributed by atoms with Crippen molar-refractivity contribution in [2.75, 3.05) is 0 Å². The molecule has 0 atom stereocenters. The summed E-state index contributed by atoms with van der Waals surface area (Å²) in [5.41, 5.74) is -1.60. The van der Waals surface area contributed by atoms with Crippen LogP contribution in [-0.4, -0.2) is 14.2 Å². The number of hydrogen-bond donors (Lipinski definition) is 1. The Labute approximate surface area is 207 Å². The summed E-state index contributed by atoms with van der Waals surface area (Å²) < 4.78 is 78.3. The molecule has 0 spiro atoms. The van der Waals surface area contributed by atoms with Gasteiger partial charge in [0.25, 0.3) is 5.56 Å². The average Bonchev–Trinajstić information content (AvgIpc) is 2.82. The maximum absolute atomic E-state index is 12.9. The smallest absolute Gasteiger partial charge is 0.416 e. The predicted octanol–water partition coefficient (Wildman–Crippen LogP) is 5.96. The van der Waals surface area contributed by atoms with Crippen LogP contribution in [0.5, 0.6) is 5.88 Å². The number of halogens is 6. The Balaban J connectivity index is 1.71. The zero-order valence-corrected chi connectivity index (χ0v) is 19.4. The minimum absolute atomic E-state index is 0.0730. The Morgan fingerprint density at radius 1 is 0.703 bits per heavy atom. The third kappa shape index (κ3) is 6.60. The molecule has 0 aliphatic heterocycles. The summed E-state index contributed by atoms with van der Waals surface area (Å²) in [7, 11) is 0. The summed E-state index contributed by atoms with van der Waals surface area (Å²) >= 11 is 0. The number of alkyl halides is 6. The first kappa shape index (κ1) is 27.6. The predicted molar refractivity (Wildman–Crippen MR) is 127 cm³/mol. The second kappa shape index (κ2) is 10.5. The van der Waals surface area contributed by atoms with E-state index in [1.807, 2.05) is 0 Å². The van der Waals surface area contributed by atoms with Crippen molar-refractivity contribution < 1.29 is 31.4 Å². The first-order valence-electron chi connectivity index (χ1n) is 10.9. The highest BCUT2D eigenvalue weighted by atomic mass is 19.4. The number of rotatable bonds is 8. The SMILES string of the molecule is C=C(CCn1c(O)cc(=O)n(CCC(=C)c2ccc(C(F)(F)F)cc2)c1=O)c1ccc(C(F)(F)F)cc1. The fraction of sp³-hybridized carbons (Fsp3) is 0.231. The van der Waals surface area contributed by atoms with Crippen LogP contribution in [0.2, 0.25) is 0 Å². The van der Waals surface area contributed by atoms with Crippen LogP contribution in [0.4, 0.5) is 26.3 Å². The first-order valence-corrected chi connectivity index (χ1v) is 10.9. The summed E-state index contributed by atoms with van der Waals surface area (Å²) in [6.45, 7) is 7.38. The maximum Gasteiger partial charge on any atom is 0.416 e. The Bertz CT molecular complexity index is 1410. The van der Waals surface area contributed by atoms with Gasteiger partial charge in [-0.05, 0) is 59.4 Å². The van der Waals surface area contributed by atoms with Crippen molar-refractivity contribution in [1.29, 1.82) is 0 Å². The van der Waals surface area contributed by atoms with Crippen molar-refractivity contribution in [2.45, 2.75) is 38.3 Å². The molecule has 3 aromatic rings. The Morgan fingerprint density at radius 2 is 1.08 bits per heavy atom. The number of aromatic hydroxyl groups is 1. The molecule has 1 N–H and O–H groups in total. The van der Waals surface area contributed by atoms with Crippen LogP contribution < -0.4 is 11.2 Å². The van der Waals surface area contributed by atoms with E-state index < -0.39 is 40.6 Å². The van der Waals surface area contributed by atoms with Gasteiger partial charge in [0.05, 0.1) is 17.2 Å². The normalized spacial score (nSPS) is 11.9. The molecule has 0 aliphatic carbocycles. The maximum atomic E-state index is 12.9. The molecular formula is C26H22F6N2O3. The lowest BCUT2D eigenvalue weighted by Crippen LogP contribution is -2.39. The molecule has 11 heteroatoms. The molecule has 3 rings (SSSR count). The van der Waals surface area contributed by atoms with E-state index in [0.717, 1.165) is 39.5 Å². The van der Waals surface area contributed by atoms with E-state index in [4.69, 9.17) is 0 Å². The van der Waals surface area contributed by atoms with Crippen molar-refractivity contribution in [1.82, 2.24) is 9.13 Å². The van der Waals surface area contributed by atoms with E-state index in [1.165, 1.54) is 24.3 Å². The molecule has 1 heterocycles. The summed E-state index contributed by atoms with van der Waals surface area (Å²) in [5, 5.41) is 10.1. The molecule has 0 radical (unpaired) electrons. The van der Waals surface area contributed by atoms with Crippen LogP contribution in [0.15, 0.2) is 77.3 Å². The van der Waals surface area contributed by atoms with Gasteiger partial charge in [-0.2, -0.15) is 26.3 Å². The van der Waals surface area contributed by atoms with Gasteiger partial charge in [-0.3, -0.25) is 13.9 Å². The summed E-state index contributed by atoms with van der Waals surface area (Å²) in [4.78, 5) is 25.2. The summed E-state index contributed by atoms with van der Waals surface area (Å²) in [6.07, 6.45) is -8.80. The molecular weight excluding hydrogens is 502 g/mol. The minimum atomic E-state index is -4.48. The molecule has 0 amide bonds. The van der Waals surface area contributed by atoms with Gasteiger partial charge < -0.3 is 5.11 Å². The van der Waals surface area contributed by atoms with E-state index in [0.29, 0.717) is 22.3 Å². The second-order valence-corrected chi connectivity index (χ2v) is 8.28. The van der Waals surface area contributed by atoms with Gasteiger partial charge in [-0.15, -0.1) is 0 Å². The lowest BCUT2D eigenvalue weighted by Gasteiger charge is -2.14. The molecule has 5 nitrogen and oxygen atoms in total. The van der Waals surface area contributed by atoms with Crippen LogP contribution >= 0.6 is 0 Å². The number of nitrogens with zero attached hydrogens (tertiary/aromatic N) is 2. The van der Waals surface area contributed by atoms with Gasteiger partial charge in [-0.1, -0.05) is 37.4 Å². The van der Waals surface area contributed by atoms with Gasteiger partial charge >= 0.3 is 18.0 Å². The van der Waals surface area contributed by atoms with E-state index >= 15 is 0 Å². The molecule has 0 fully saturated rings. The fourth-order valence-corrected chi connectivity index (χ4v) is 3.59. The summed E-state index contributed by atoms with van der Waals surface area (Å²) in [5.74, 6) is -0.590. The third-order valence-corrected chi connectivity index (χ3v) is 5.77. The van der Waals surface area contributed by atoms with E-state index in [9.17, 15) is 41.0 Å². The zero-order chi connectivity index (χ0) is 27.5. The molecule has 196 valence electrons. The minimum Gasteiger partial charge on any atom is -0.494 e. The molecule has 0 aliphatic rings. The van der Waals surface area contributed by atoms with E-state index in [-0.39, 0.29) is 25.9 Å². The van der Waals surface area contributed by atoms with Crippen molar-refractivity contribution >= 4 is 11.1 Å². The topological polar surface area (TPSA) is 64.2 Å². The largest absolute Gasteiger partial charge is 0.494 e. The second-order valence-electron chi connectivity index (χ2n) is 8.28. The van der Waals surface area contributed by atoms with Gasteiger partial charge in [-0.25, -0.2) is 4.79 Å². The Hall–Kier alpha value is -4.02. The number of aromatic nitrogens is 2. The van der Waals surface area contributed by atoms with Gasteiger partial charge in [0.2, 0.25) is 5.88 Å². The molecule has 2 aromatic carbocycles. The number of allylic oxidation sites excluding steroid dienone is 2. The molecule has 0 unspecified atom stereocenters. The summed E-state index contributed by atoms with van der Waals surface area (Å²) in [6, 6.07) is 9.48. The highest BCUT2D eigenvalue weighted by Crippen LogP contribution is 2.31. The van der Waals surface area contributed by atoms with Crippen molar-refractivity contribution in [3.05, 3.63) is 111 Å². The standard InChI is InChI=1S/C26H22F6N2O3/c1-16(18-3-7-20(8-4-18)25(27,28)29)11-13-33-22(35)15-23(36)34(24(33)37)14-12-17(2)19-5-9-21(10-6-19)26(30,31)32/h3-10,15,35H,1-2,11-14H2. The van der Waals surface area contributed by atoms with Crippen molar-refractivity contribution in [3.8, 4) is 5.88 Å². The molecule has 0 saturated carbocycles. The molecule has 0 saturated heterocycles. The van der Waals surface area contributed by atoms with E-state index in [1.54, 1.807) is 0 Å². The highest BCUT2D eigenvalue weighted by molar-refractivity contribution is 5.64. The van der Waals surface area contributed by atoms with Gasteiger partial charge in [0, 0.05) is 13.1 Å². The Kier molecular flexibility index (Phi) is 7.85. The molecule has 37 heavy (non-hydrogen) atoms. The lowest BCUT2D eigenvalue weighted by atomic mass is 10.0. The first-order chi connectivity index (χ1) is 17.2. The molecule has 1 aromatic heterocycles. The fourth-order valence-electron chi connectivity index (χ4n) is 3.59. The lowest BCUT2D eigenvalue weighted by molar-refractivity contribution is -0.138. The van der Waals surface area contributed by atoms with Crippen LogP contribution in [0.1, 0.15) is 35.1 Å². The average molecular weight is 524 g/mol. The van der Waals surface area contributed by atoms with Crippen LogP contribution in [0.25, 0.3) is 11.1 Å². The van der Waals surface area contributed by atoms with Gasteiger partial charge in [0.15, 0.2) is 0 Å². The van der Waals surface area contributed by atoms with Crippen molar-refractivity contribution in [2.24, 2.45) is 0 Å². The Morgan fingerprint density at radius 3 is 1.46 bits per heavy atom. The monoisotopic (exact) mass is 524 g/mol. The van der Waals surface area contributed by atoms with Gasteiger partial charge in [0.1, 0.15) is 0 Å². The number of hydrogen-bond acceptors (Lipinski definition) is 3. The molecule has 0 bridgehead atoms. The van der Waals surface area contributed by atoms with Crippen LogP contribution in [0, 0.1) is 0 Å². The van der Waals surface area contributed by atoms with Crippen LogP contribution in [0.3, 0.4) is 0 Å². The quantitative estimate of drug-likeness (QED) is 0.370. The number of benzene rings is 2. The zero-order valence-electron chi connectivity index (χ0n) is 19.4.